The van der Waals surface area contributed by atoms with Gasteiger partial charge in [-0.25, -0.2) is 4.98 Å². The highest BCUT2D eigenvalue weighted by Crippen LogP contribution is 2.27. The molecule has 1 fully saturated rings. The Kier molecular flexibility index (Phi) is 4.80. The first kappa shape index (κ1) is 17.1. The van der Waals surface area contributed by atoms with E-state index in [1.807, 2.05) is 0 Å². The highest BCUT2D eigenvalue weighted by atomic mass is 16.6. The van der Waals surface area contributed by atoms with E-state index < -0.39 is 4.92 Å². The van der Waals surface area contributed by atoms with Gasteiger partial charge in [-0.3, -0.25) is 14.9 Å². The van der Waals surface area contributed by atoms with Gasteiger partial charge in [0.2, 0.25) is 0 Å². The summed E-state index contributed by atoms with van der Waals surface area (Å²) in [6.45, 7) is 3.17. The molecule has 8 nitrogen and oxygen atoms in total. The fourth-order valence-electron chi connectivity index (χ4n) is 3.33. The number of benzene rings is 1. The minimum absolute atomic E-state index is 0.0244. The summed E-state index contributed by atoms with van der Waals surface area (Å²) in [5, 5.41) is 11.5. The van der Waals surface area contributed by atoms with Crippen LogP contribution in [0.1, 0.15) is 30.1 Å². The summed E-state index contributed by atoms with van der Waals surface area (Å²) in [6.07, 6.45) is 6.43. The van der Waals surface area contributed by atoms with Crippen LogP contribution in [-0.2, 0) is 0 Å². The lowest BCUT2D eigenvalue weighted by atomic mass is 9.92. The van der Waals surface area contributed by atoms with Gasteiger partial charge in [0.25, 0.3) is 11.6 Å². The number of rotatable bonds is 4. The van der Waals surface area contributed by atoms with Gasteiger partial charge in [0, 0.05) is 43.2 Å². The summed E-state index contributed by atoms with van der Waals surface area (Å²) < 4.78 is 1.55. The van der Waals surface area contributed by atoms with Crippen molar-refractivity contribution < 1.29 is 9.72 Å². The van der Waals surface area contributed by atoms with Crippen molar-refractivity contribution in [3.8, 4) is 5.69 Å². The number of hydrogen-bond donors (Lipinski definition) is 1. The van der Waals surface area contributed by atoms with Crippen molar-refractivity contribution in [2.75, 3.05) is 13.1 Å². The summed E-state index contributed by atoms with van der Waals surface area (Å²) in [7, 11) is 0. The fourth-order valence-corrected chi connectivity index (χ4v) is 3.33. The molecular formula is C17H21N5O3. The Morgan fingerprint density at radius 1 is 1.48 bits per heavy atom. The first-order valence-electron chi connectivity index (χ1n) is 8.29. The second-order valence-corrected chi connectivity index (χ2v) is 6.45. The summed E-state index contributed by atoms with van der Waals surface area (Å²) in [4.78, 5) is 29.5. The minimum atomic E-state index is -0.481. The quantitative estimate of drug-likeness (QED) is 0.674. The lowest BCUT2D eigenvalue weighted by Crippen LogP contribution is -2.49. The van der Waals surface area contributed by atoms with Crippen LogP contribution in [0.3, 0.4) is 0 Å². The molecular weight excluding hydrogens is 322 g/mol. The molecule has 1 aromatic heterocycles. The van der Waals surface area contributed by atoms with Gasteiger partial charge in [-0.1, -0.05) is 6.92 Å². The number of nitro benzene ring substituents is 1. The third kappa shape index (κ3) is 3.39. The molecule has 2 heterocycles. The molecule has 8 heteroatoms. The van der Waals surface area contributed by atoms with E-state index in [1.54, 1.807) is 34.0 Å². The van der Waals surface area contributed by atoms with Crippen LogP contribution in [0.15, 0.2) is 36.9 Å². The molecule has 1 aliphatic rings. The average molecular weight is 343 g/mol. The van der Waals surface area contributed by atoms with E-state index in [-0.39, 0.29) is 17.6 Å². The van der Waals surface area contributed by atoms with E-state index in [4.69, 9.17) is 5.73 Å². The van der Waals surface area contributed by atoms with Crippen molar-refractivity contribution in [3.05, 3.63) is 52.6 Å². The van der Waals surface area contributed by atoms with E-state index in [9.17, 15) is 14.9 Å². The Labute approximate surface area is 145 Å². The number of carbonyl (C=O) groups is 1. The van der Waals surface area contributed by atoms with Gasteiger partial charge < -0.3 is 15.2 Å². The maximum absolute atomic E-state index is 12.9. The van der Waals surface area contributed by atoms with Crippen molar-refractivity contribution in [1.29, 1.82) is 0 Å². The molecule has 0 radical (unpaired) electrons. The first-order valence-corrected chi connectivity index (χ1v) is 8.29. The number of likely N-dealkylation sites (tertiary alicyclic amines) is 1. The third-order valence-electron chi connectivity index (χ3n) is 4.71. The second kappa shape index (κ2) is 7.02. The van der Waals surface area contributed by atoms with Crippen LogP contribution in [0.25, 0.3) is 5.69 Å². The number of hydrogen-bond acceptors (Lipinski definition) is 5. The third-order valence-corrected chi connectivity index (χ3v) is 4.71. The van der Waals surface area contributed by atoms with Crippen molar-refractivity contribution >= 4 is 11.6 Å². The molecule has 2 aromatic rings. The number of piperidine rings is 1. The van der Waals surface area contributed by atoms with E-state index in [2.05, 4.69) is 11.9 Å². The SMILES string of the molecule is CC1CCN(C(=O)c2ccc(-n3ccnc3)c([N+](=O)[O-])c2)C(CN)C1. The number of nitrogens with two attached hydrogens (primary N) is 1. The van der Waals surface area contributed by atoms with E-state index in [0.29, 0.717) is 30.3 Å². The van der Waals surface area contributed by atoms with Crippen LogP contribution in [0.5, 0.6) is 0 Å². The van der Waals surface area contributed by atoms with Crippen LogP contribution in [0.4, 0.5) is 5.69 Å². The van der Waals surface area contributed by atoms with Crippen molar-refractivity contribution in [3.63, 3.8) is 0 Å². The van der Waals surface area contributed by atoms with Gasteiger partial charge >= 0.3 is 0 Å². The molecule has 3 rings (SSSR count). The Hall–Kier alpha value is -2.74. The monoisotopic (exact) mass is 343 g/mol. The lowest BCUT2D eigenvalue weighted by Gasteiger charge is -2.38. The van der Waals surface area contributed by atoms with E-state index >= 15 is 0 Å². The first-order chi connectivity index (χ1) is 12.0. The molecule has 1 aliphatic heterocycles. The summed E-state index contributed by atoms with van der Waals surface area (Å²) in [6, 6.07) is 4.51. The second-order valence-electron chi connectivity index (χ2n) is 6.45. The number of nitrogens with zero attached hydrogens (tertiary/aromatic N) is 4. The predicted molar refractivity (Wildman–Crippen MR) is 92.5 cm³/mol. The molecule has 2 N–H and O–H groups in total. The van der Waals surface area contributed by atoms with Crippen LogP contribution in [-0.4, -0.2) is 44.4 Å². The van der Waals surface area contributed by atoms with Crippen molar-refractivity contribution in [2.24, 2.45) is 11.7 Å². The Balaban J connectivity index is 1.93. The molecule has 0 spiro atoms. The molecule has 0 aliphatic carbocycles. The van der Waals surface area contributed by atoms with Gasteiger partial charge in [-0.15, -0.1) is 0 Å². The summed E-state index contributed by atoms with van der Waals surface area (Å²) in [5.74, 6) is 0.318. The zero-order valence-electron chi connectivity index (χ0n) is 14.0. The predicted octanol–water partition coefficient (Wildman–Crippen LogP) is 1.98. The number of carbonyl (C=O) groups excluding carboxylic acids is 1. The van der Waals surface area contributed by atoms with E-state index in [0.717, 1.165) is 12.8 Å². The number of amides is 1. The molecule has 0 bridgehead atoms. The zero-order chi connectivity index (χ0) is 18.0. The Morgan fingerprint density at radius 2 is 2.28 bits per heavy atom. The number of aromatic nitrogens is 2. The van der Waals surface area contributed by atoms with Crippen LogP contribution < -0.4 is 5.73 Å². The lowest BCUT2D eigenvalue weighted by molar-refractivity contribution is -0.384. The number of imidazole rings is 1. The summed E-state index contributed by atoms with van der Waals surface area (Å²) >= 11 is 0. The topological polar surface area (TPSA) is 107 Å². The van der Waals surface area contributed by atoms with Crippen LogP contribution in [0.2, 0.25) is 0 Å². The average Bonchev–Trinajstić information content (AvgIpc) is 3.15. The Morgan fingerprint density at radius 3 is 2.92 bits per heavy atom. The molecule has 1 saturated heterocycles. The van der Waals surface area contributed by atoms with Crippen molar-refractivity contribution in [2.45, 2.75) is 25.8 Å². The maximum atomic E-state index is 12.9. The maximum Gasteiger partial charge on any atom is 0.294 e. The largest absolute Gasteiger partial charge is 0.334 e. The van der Waals surface area contributed by atoms with Gasteiger partial charge in [0.05, 0.1) is 11.3 Å². The molecule has 0 saturated carbocycles. The normalized spacial score (nSPS) is 20.5. The fraction of sp³-hybridized carbons (Fsp3) is 0.412. The number of nitro groups is 1. The van der Waals surface area contributed by atoms with Crippen LogP contribution >= 0.6 is 0 Å². The highest BCUT2D eigenvalue weighted by molar-refractivity contribution is 5.95. The van der Waals surface area contributed by atoms with Gasteiger partial charge in [-0.05, 0) is 30.9 Å². The summed E-state index contributed by atoms with van der Waals surface area (Å²) in [5.41, 5.74) is 6.38. The van der Waals surface area contributed by atoms with E-state index in [1.165, 1.54) is 12.4 Å². The molecule has 1 aromatic carbocycles. The molecule has 1 amide bonds. The van der Waals surface area contributed by atoms with Gasteiger partial charge in [0.1, 0.15) is 5.69 Å². The highest BCUT2D eigenvalue weighted by Gasteiger charge is 2.30. The molecule has 2 atom stereocenters. The molecule has 132 valence electrons. The zero-order valence-corrected chi connectivity index (χ0v) is 14.0. The Bertz CT molecular complexity index is 775. The smallest absolute Gasteiger partial charge is 0.294 e. The molecule has 25 heavy (non-hydrogen) atoms. The van der Waals surface area contributed by atoms with Crippen molar-refractivity contribution in [1.82, 2.24) is 14.5 Å². The molecule has 2 unspecified atom stereocenters. The minimum Gasteiger partial charge on any atom is -0.334 e. The standard InChI is InChI=1S/C17H21N5O3/c1-12-4-6-21(14(8-12)10-18)17(23)13-2-3-15(16(9-13)22(24)25)20-7-5-19-11-20/h2-3,5,7,9,11-12,14H,4,6,8,10,18H2,1H3. The van der Waals surface area contributed by atoms with Gasteiger partial charge in [-0.2, -0.15) is 0 Å². The van der Waals surface area contributed by atoms with Crippen LogP contribution in [0, 0.1) is 16.0 Å². The van der Waals surface area contributed by atoms with Gasteiger partial charge in [0.15, 0.2) is 0 Å².